The molecule has 1 fully saturated rings. The number of piperidine rings is 1. The van der Waals surface area contributed by atoms with Crippen LogP contribution in [0.15, 0.2) is 55.1 Å². The zero-order valence-electron chi connectivity index (χ0n) is 17.6. The first-order valence-electron chi connectivity index (χ1n) is 10.6. The first-order chi connectivity index (χ1) is 16.0. The molecule has 0 saturated carbocycles. The van der Waals surface area contributed by atoms with Crippen LogP contribution in [0, 0.1) is 5.82 Å². The molecule has 3 aromatic carbocycles. The number of nitrogens with zero attached hydrogens (tertiary/aromatic N) is 2. The highest BCUT2D eigenvalue weighted by molar-refractivity contribution is 7.11. The van der Waals surface area contributed by atoms with Crippen molar-refractivity contribution in [1.29, 1.82) is 0 Å². The Balaban J connectivity index is 1.55. The molecule has 0 spiro atoms. The Morgan fingerprint density at radius 2 is 2.12 bits per heavy atom. The van der Waals surface area contributed by atoms with Gasteiger partial charge in [-0.25, -0.2) is 4.39 Å². The number of nitrogens with one attached hydrogen (secondary N) is 1. The number of halogens is 2. The summed E-state index contributed by atoms with van der Waals surface area (Å²) in [4.78, 5) is 13.8. The fraction of sp³-hybridized carbons (Fsp3) is 0.200. The van der Waals surface area contributed by atoms with Gasteiger partial charge in [0, 0.05) is 30.1 Å². The van der Waals surface area contributed by atoms with Crippen LogP contribution in [-0.2, 0) is 4.79 Å². The van der Waals surface area contributed by atoms with Crippen molar-refractivity contribution in [3.8, 4) is 16.9 Å². The van der Waals surface area contributed by atoms with Crippen molar-refractivity contribution < 1.29 is 14.3 Å². The molecule has 1 aliphatic rings. The van der Waals surface area contributed by atoms with Gasteiger partial charge in [-0.05, 0) is 65.0 Å². The predicted molar refractivity (Wildman–Crippen MR) is 133 cm³/mol. The van der Waals surface area contributed by atoms with E-state index in [1.54, 1.807) is 17.0 Å². The van der Waals surface area contributed by atoms with E-state index in [1.807, 2.05) is 24.3 Å². The lowest BCUT2D eigenvalue weighted by Crippen LogP contribution is -2.44. The van der Waals surface area contributed by atoms with Gasteiger partial charge in [-0.1, -0.05) is 42.4 Å². The number of likely N-dealkylation sites (tertiary alicyclic amines) is 1. The van der Waals surface area contributed by atoms with Crippen LogP contribution in [-0.4, -0.2) is 39.4 Å². The first kappa shape index (κ1) is 21.7. The van der Waals surface area contributed by atoms with Gasteiger partial charge in [0.1, 0.15) is 16.3 Å². The van der Waals surface area contributed by atoms with Crippen LogP contribution in [0.2, 0.25) is 5.02 Å². The van der Waals surface area contributed by atoms with Crippen LogP contribution in [0.25, 0.3) is 32.8 Å². The predicted octanol–water partition coefficient (Wildman–Crippen LogP) is 6.20. The molecular formula is C25H21ClFN3O2S. The standard InChI is InChI=1S/C25H21ClFN3O2S/c1-2-21(32)30-9-5-7-15(13-30)28-25-19-12-20(26)22(23(27)24(19)29-33-25)18-11-16(31)10-14-6-3-4-8-17(14)18/h2-4,6,8,10-12,15,28,31H,1,5,7,9,13H2/t15-/m1/s1. The molecule has 0 unspecified atom stereocenters. The smallest absolute Gasteiger partial charge is 0.246 e. The van der Waals surface area contributed by atoms with Gasteiger partial charge in [-0.15, -0.1) is 0 Å². The maximum absolute atomic E-state index is 15.8. The lowest BCUT2D eigenvalue weighted by Gasteiger charge is -2.32. The topological polar surface area (TPSA) is 65.5 Å². The Morgan fingerprint density at radius 3 is 2.94 bits per heavy atom. The van der Waals surface area contributed by atoms with E-state index in [0.29, 0.717) is 24.0 Å². The number of hydrogen-bond donors (Lipinski definition) is 2. The fourth-order valence-electron chi connectivity index (χ4n) is 4.47. The zero-order valence-corrected chi connectivity index (χ0v) is 19.2. The fourth-order valence-corrected chi connectivity index (χ4v) is 5.60. The Labute approximate surface area is 199 Å². The lowest BCUT2D eigenvalue weighted by molar-refractivity contribution is -0.127. The SMILES string of the molecule is C=CC(=O)N1CCC[C@@H](Nc2snc3c(F)c(-c4cc(O)cc5ccccc45)c(Cl)cc23)C1. The molecular weight excluding hydrogens is 461 g/mol. The number of fused-ring (bicyclic) bond motifs is 2. The molecule has 5 rings (SSSR count). The van der Waals surface area contributed by atoms with Crippen molar-refractivity contribution in [1.82, 2.24) is 9.27 Å². The first-order valence-corrected chi connectivity index (χ1v) is 11.8. The molecule has 8 heteroatoms. The number of phenolic OH excluding ortho intramolecular Hbond substituents is 1. The van der Waals surface area contributed by atoms with Gasteiger partial charge in [0.15, 0.2) is 5.82 Å². The Hall–Kier alpha value is -3.16. The summed E-state index contributed by atoms with van der Waals surface area (Å²) in [6, 6.07) is 12.4. The maximum Gasteiger partial charge on any atom is 0.246 e. The van der Waals surface area contributed by atoms with Crippen LogP contribution >= 0.6 is 23.1 Å². The van der Waals surface area contributed by atoms with Gasteiger partial charge in [-0.3, -0.25) is 4.79 Å². The van der Waals surface area contributed by atoms with Crippen LogP contribution in [0.4, 0.5) is 9.39 Å². The molecule has 0 aliphatic carbocycles. The quantitative estimate of drug-likeness (QED) is 0.340. The van der Waals surface area contributed by atoms with Gasteiger partial charge in [-0.2, -0.15) is 4.37 Å². The summed E-state index contributed by atoms with van der Waals surface area (Å²) in [6.45, 7) is 4.81. The monoisotopic (exact) mass is 481 g/mol. The normalized spacial score (nSPS) is 16.3. The van der Waals surface area contributed by atoms with E-state index in [2.05, 4.69) is 16.3 Å². The van der Waals surface area contributed by atoms with Gasteiger partial charge in [0.25, 0.3) is 0 Å². The molecule has 1 aliphatic heterocycles. The Morgan fingerprint density at radius 1 is 1.30 bits per heavy atom. The third-order valence-electron chi connectivity index (χ3n) is 6.02. The number of benzene rings is 3. The van der Waals surface area contributed by atoms with E-state index in [-0.39, 0.29) is 33.8 Å². The van der Waals surface area contributed by atoms with Crippen molar-refractivity contribution in [3.63, 3.8) is 0 Å². The van der Waals surface area contributed by atoms with E-state index in [1.165, 1.54) is 23.7 Å². The van der Waals surface area contributed by atoms with E-state index >= 15 is 4.39 Å². The molecule has 1 aromatic heterocycles. The molecule has 2 N–H and O–H groups in total. The number of carbonyl (C=O) groups excluding carboxylic acids is 1. The summed E-state index contributed by atoms with van der Waals surface area (Å²) in [7, 11) is 0. The number of aromatic nitrogens is 1. The highest BCUT2D eigenvalue weighted by atomic mass is 35.5. The molecule has 4 aromatic rings. The molecule has 5 nitrogen and oxygen atoms in total. The number of carbonyl (C=O) groups is 1. The van der Waals surface area contributed by atoms with Crippen LogP contribution in [0.1, 0.15) is 12.8 Å². The molecule has 33 heavy (non-hydrogen) atoms. The number of anilines is 1. The summed E-state index contributed by atoms with van der Waals surface area (Å²) < 4.78 is 20.1. The lowest BCUT2D eigenvalue weighted by atomic mass is 9.96. The number of aromatic hydroxyl groups is 1. The van der Waals surface area contributed by atoms with Gasteiger partial charge in [0.05, 0.1) is 5.02 Å². The third-order valence-corrected chi connectivity index (χ3v) is 7.12. The largest absolute Gasteiger partial charge is 0.508 e. The molecule has 168 valence electrons. The minimum absolute atomic E-state index is 0.0304. The number of phenols is 1. The van der Waals surface area contributed by atoms with E-state index < -0.39 is 5.82 Å². The second-order valence-electron chi connectivity index (χ2n) is 8.14. The summed E-state index contributed by atoms with van der Waals surface area (Å²) in [6.07, 6.45) is 3.09. The van der Waals surface area contributed by atoms with E-state index in [9.17, 15) is 9.90 Å². The van der Waals surface area contributed by atoms with Crippen molar-refractivity contribution >= 4 is 55.7 Å². The van der Waals surface area contributed by atoms with Gasteiger partial charge in [0.2, 0.25) is 5.91 Å². The van der Waals surface area contributed by atoms with E-state index in [4.69, 9.17) is 11.6 Å². The molecule has 0 bridgehead atoms. The molecule has 1 atom stereocenters. The van der Waals surface area contributed by atoms with Crippen molar-refractivity contribution in [2.75, 3.05) is 18.4 Å². The molecule has 2 heterocycles. The highest BCUT2D eigenvalue weighted by Gasteiger charge is 2.25. The van der Waals surface area contributed by atoms with Crippen molar-refractivity contribution in [2.24, 2.45) is 0 Å². The Bertz CT molecular complexity index is 1400. The second-order valence-corrected chi connectivity index (χ2v) is 9.32. The second kappa shape index (κ2) is 8.65. The third kappa shape index (κ3) is 3.92. The van der Waals surface area contributed by atoms with Crippen LogP contribution in [0.5, 0.6) is 5.75 Å². The highest BCUT2D eigenvalue weighted by Crippen LogP contribution is 2.43. The van der Waals surface area contributed by atoms with Crippen molar-refractivity contribution in [2.45, 2.75) is 18.9 Å². The molecule has 0 radical (unpaired) electrons. The summed E-state index contributed by atoms with van der Waals surface area (Å²) in [5.74, 6) is -0.576. The minimum atomic E-state index is -0.523. The zero-order chi connectivity index (χ0) is 23.1. The minimum Gasteiger partial charge on any atom is -0.508 e. The molecule has 1 amide bonds. The molecule has 1 saturated heterocycles. The number of amides is 1. The van der Waals surface area contributed by atoms with Crippen LogP contribution in [0.3, 0.4) is 0 Å². The Kier molecular flexibility index (Phi) is 5.68. The summed E-state index contributed by atoms with van der Waals surface area (Å²) >= 11 is 7.79. The summed E-state index contributed by atoms with van der Waals surface area (Å²) in [5, 5.41) is 16.8. The summed E-state index contributed by atoms with van der Waals surface area (Å²) in [5.41, 5.74) is 0.959. The van der Waals surface area contributed by atoms with Gasteiger partial charge >= 0.3 is 0 Å². The number of hydrogen-bond acceptors (Lipinski definition) is 5. The number of rotatable bonds is 4. The van der Waals surface area contributed by atoms with Crippen LogP contribution < -0.4 is 5.32 Å². The average Bonchev–Trinajstić information content (AvgIpc) is 3.21. The van der Waals surface area contributed by atoms with Crippen molar-refractivity contribution in [3.05, 3.63) is 66.0 Å². The van der Waals surface area contributed by atoms with E-state index in [0.717, 1.165) is 28.6 Å². The average molecular weight is 482 g/mol. The maximum atomic E-state index is 15.8. The van der Waals surface area contributed by atoms with Gasteiger partial charge < -0.3 is 15.3 Å².